The first-order valence-electron chi connectivity index (χ1n) is 6.15. The smallest absolute Gasteiger partial charge is 0.134 e. The molecule has 1 aliphatic rings. The molecule has 3 rings (SSSR count). The van der Waals surface area contributed by atoms with E-state index in [2.05, 4.69) is 43.3 Å². The van der Waals surface area contributed by atoms with Gasteiger partial charge in [-0.15, -0.1) is 0 Å². The van der Waals surface area contributed by atoms with Gasteiger partial charge in [-0.2, -0.15) is 0 Å². The van der Waals surface area contributed by atoms with Crippen LogP contribution in [0.15, 0.2) is 40.8 Å². The first-order valence-corrected chi connectivity index (χ1v) is 6.15. The van der Waals surface area contributed by atoms with E-state index in [0.717, 1.165) is 23.6 Å². The van der Waals surface area contributed by atoms with Crippen LogP contribution in [-0.2, 0) is 0 Å². The van der Waals surface area contributed by atoms with Gasteiger partial charge in [0.25, 0.3) is 0 Å². The van der Waals surface area contributed by atoms with Gasteiger partial charge in [0.05, 0.1) is 0 Å². The molecular weight excluding hydrogens is 210 g/mol. The predicted octanol–water partition coefficient (Wildman–Crippen LogP) is 3.32. The summed E-state index contributed by atoms with van der Waals surface area (Å²) in [4.78, 5) is 0. The van der Waals surface area contributed by atoms with Gasteiger partial charge in [-0.25, -0.2) is 0 Å². The number of benzene rings is 1. The van der Waals surface area contributed by atoms with Crippen molar-refractivity contribution in [1.82, 2.24) is 0 Å². The Bertz CT molecular complexity index is 512. The molecule has 1 aromatic carbocycles. The summed E-state index contributed by atoms with van der Waals surface area (Å²) in [6.45, 7) is 2.86. The lowest BCUT2D eigenvalue weighted by atomic mass is 10.1. The van der Waals surface area contributed by atoms with Crippen molar-refractivity contribution in [3.63, 3.8) is 0 Å². The van der Waals surface area contributed by atoms with Gasteiger partial charge < -0.3 is 10.2 Å². The first kappa shape index (κ1) is 10.6. The van der Waals surface area contributed by atoms with Crippen LogP contribution < -0.4 is 5.73 Å². The van der Waals surface area contributed by atoms with Crippen LogP contribution >= 0.6 is 0 Å². The van der Waals surface area contributed by atoms with Crippen LogP contribution in [-0.4, -0.2) is 6.54 Å². The van der Waals surface area contributed by atoms with E-state index in [0.29, 0.717) is 11.8 Å². The third-order valence-corrected chi connectivity index (χ3v) is 3.55. The number of rotatable bonds is 3. The molecule has 0 saturated heterocycles. The Morgan fingerprint density at radius 3 is 2.59 bits per heavy atom. The summed E-state index contributed by atoms with van der Waals surface area (Å²) in [6.07, 6.45) is 1.18. The highest BCUT2D eigenvalue weighted by Gasteiger charge is 2.39. The zero-order valence-corrected chi connectivity index (χ0v) is 10.0. The normalized spacial score (nSPS) is 22.7. The maximum atomic E-state index is 5.91. The van der Waals surface area contributed by atoms with E-state index in [1.54, 1.807) is 0 Å². The van der Waals surface area contributed by atoms with Crippen LogP contribution in [0.1, 0.15) is 23.7 Å². The molecular formula is C15H17NO. The number of nitrogens with two attached hydrogens (primary N) is 1. The topological polar surface area (TPSA) is 39.2 Å². The molecule has 2 aromatic rings. The highest BCUT2D eigenvalue weighted by molar-refractivity contribution is 5.58. The van der Waals surface area contributed by atoms with E-state index in [9.17, 15) is 0 Å². The molecule has 0 aliphatic heterocycles. The number of furan rings is 1. The minimum Gasteiger partial charge on any atom is -0.461 e. The monoisotopic (exact) mass is 227 g/mol. The molecule has 1 fully saturated rings. The van der Waals surface area contributed by atoms with Crippen molar-refractivity contribution in [3.8, 4) is 11.3 Å². The van der Waals surface area contributed by atoms with Crippen molar-refractivity contribution in [1.29, 1.82) is 0 Å². The van der Waals surface area contributed by atoms with E-state index in [1.165, 1.54) is 12.0 Å². The molecule has 1 saturated carbocycles. The van der Waals surface area contributed by atoms with E-state index in [1.807, 2.05) is 0 Å². The summed E-state index contributed by atoms with van der Waals surface area (Å²) < 4.78 is 5.91. The molecule has 2 N–H and O–H groups in total. The van der Waals surface area contributed by atoms with Crippen molar-refractivity contribution in [2.75, 3.05) is 6.54 Å². The Hall–Kier alpha value is -1.54. The zero-order chi connectivity index (χ0) is 11.8. The highest BCUT2D eigenvalue weighted by Crippen LogP contribution is 2.47. The van der Waals surface area contributed by atoms with E-state index < -0.39 is 0 Å². The molecule has 1 heterocycles. The standard InChI is InChI=1S/C15H17NO/c1-10-2-4-11(5-3-10)14-6-7-15(17-14)13-8-12(13)9-16/h2-7,12-13H,8-9,16H2,1H3. The summed E-state index contributed by atoms with van der Waals surface area (Å²) in [5.41, 5.74) is 8.07. The van der Waals surface area contributed by atoms with Gasteiger partial charge in [-0.3, -0.25) is 0 Å². The molecule has 2 nitrogen and oxygen atoms in total. The van der Waals surface area contributed by atoms with Gasteiger partial charge >= 0.3 is 0 Å². The van der Waals surface area contributed by atoms with Crippen molar-refractivity contribution in [3.05, 3.63) is 47.7 Å². The summed E-state index contributed by atoms with van der Waals surface area (Å²) in [5.74, 6) is 3.24. The second kappa shape index (κ2) is 4.04. The second-order valence-electron chi connectivity index (χ2n) is 4.91. The molecule has 2 unspecified atom stereocenters. The lowest BCUT2D eigenvalue weighted by molar-refractivity contribution is 0.516. The average molecular weight is 227 g/mol. The van der Waals surface area contributed by atoms with Crippen LogP contribution in [0.2, 0.25) is 0 Å². The number of hydrogen-bond donors (Lipinski definition) is 1. The predicted molar refractivity (Wildman–Crippen MR) is 68.8 cm³/mol. The third-order valence-electron chi connectivity index (χ3n) is 3.55. The fraction of sp³-hybridized carbons (Fsp3) is 0.333. The van der Waals surface area contributed by atoms with E-state index >= 15 is 0 Å². The fourth-order valence-corrected chi connectivity index (χ4v) is 2.28. The summed E-state index contributed by atoms with van der Waals surface area (Å²) >= 11 is 0. The Morgan fingerprint density at radius 1 is 1.18 bits per heavy atom. The average Bonchev–Trinajstić information content (AvgIpc) is 2.99. The number of hydrogen-bond acceptors (Lipinski definition) is 2. The lowest BCUT2D eigenvalue weighted by Gasteiger charge is -1.98. The fourth-order valence-electron chi connectivity index (χ4n) is 2.28. The minimum atomic E-state index is 0.555. The Kier molecular flexibility index (Phi) is 2.52. The molecule has 1 aromatic heterocycles. The molecule has 0 spiro atoms. The van der Waals surface area contributed by atoms with E-state index in [4.69, 9.17) is 10.2 Å². The van der Waals surface area contributed by atoms with E-state index in [-0.39, 0.29) is 0 Å². The van der Waals surface area contributed by atoms with Gasteiger partial charge in [0.2, 0.25) is 0 Å². The molecule has 2 atom stereocenters. The summed E-state index contributed by atoms with van der Waals surface area (Å²) in [7, 11) is 0. The Labute approximate surface area is 101 Å². The van der Waals surface area contributed by atoms with Gasteiger partial charge in [0, 0.05) is 11.5 Å². The minimum absolute atomic E-state index is 0.555. The molecule has 2 heteroatoms. The zero-order valence-electron chi connectivity index (χ0n) is 10.0. The van der Waals surface area contributed by atoms with Crippen molar-refractivity contribution in [2.24, 2.45) is 11.7 Å². The molecule has 1 aliphatic carbocycles. The maximum absolute atomic E-state index is 5.91. The second-order valence-corrected chi connectivity index (χ2v) is 4.91. The van der Waals surface area contributed by atoms with Crippen LogP contribution in [0.4, 0.5) is 0 Å². The molecule has 17 heavy (non-hydrogen) atoms. The van der Waals surface area contributed by atoms with Crippen LogP contribution in [0.3, 0.4) is 0 Å². The van der Waals surface area contributed by atoms with Crippen LogP contribution in [0, 0.1) is 12.8 Å². The lowest BCUT2D eigenvalue weighted by Crippen LogP contribution is -2.01. The molecule has 0 amide bonds. The maximum Gasteiger partial charge on any atom is 0.134 e. The van der Waals surface area contributed by atoms with Gasteiger partial charge in [-0.1, -0.05) is 29.8 Å². The van der Waals surface area contributed by atoms with Gasteiger partial charge in [0.15, 0.2) is 0 Å². The first-order chi connectivity index (χ1) is 8.28. The van der Waals surface area contributed by atoms with Crippen LogP contribution in [0.25, 0.3) is 11.3 Å². The Morgan fingerprint density at radius 2 is 1.94 bits per heavy atom. The van der Waals surface area contributed by atoms with Crippen LogP contribution in [0.5, 0.6) is 0 Å². The molecule has 0 radical (unpaired) electrons. The van der Waals surface area contributed by atoms with Crippen molar-refractivity contribution < 1.29 is 4.42 Å². The highest BCUT2D eigenvalue weighted by atomic mass is 16.3. The third kappa shape index (κ3) is 2.01. The summed E-state index contributed by atoms with van der Waals surface area (Å²) in [5, 5.41) is 0. The Balaban J connectivity index is 1.83. The molecule has 88 valence electrons. The van der Waals surface area contributed by atoms with Gasteiger partial charge in [-0.05, 0) is 37.9 Å². The van der Waals surface area contributed by atoms with Crippen molar-refractivity contribution >= 4 is 0 Å². The van der Waals surface area contributed by atoms with Crippen molar-refractivity contribution in [2.45, 2.75) is 19.3 Å². The van der Waals surface area contributed by atoms with Gasteiger partial charge in [0.1, 0.15) is 11.5 Å². The molecule has 0 bridgehead atoms. The summed E-state index contributed by atoms with van der Waals surface area (Å²) in [6, 6.07) is 12.6. The SMILES string of the molecule is Cc1ccc(-c2ccc(C3CC3CN)o2)cc1. The number of aryl methyl sites for hydroxylation is 1. The largest absolute Gasteiger partial charge is 0.461 e. The quantitative estimate of drug-likeness (QED) is 0.873.